The number of amides is 1. The molecule has 186 valence electrons. The minimum absolute atomic E-state index is 0.0444. The SMILES string of the molecule is CCN(CC)S(=O)(=O)c1ccc(/C=C/C(=O)OC(C)C(=O)c2ccc3c(c2)CCN3C(C)=O)cc1. The van der Waals surface area contributed by atoms with Crippen molar-refractivity contribution in [1.29, 1.82) is 0 Å². The maximum atomic E-state index is 12.8. The summed E-state index contributed by atoms with van der Waals surface area (Å²) >= 11 is 0. The van der Waals surface area contributed by atoms with Crippen molar-refractivity contribution < 1.29 is 27.5 Å². The van der Waals surface area contributed by atoms with Gasteiger partial charge in [0.25, 0.3) is 0 Å². The van der Waals surface area contributed by atoms with Crippen LogP contribution in [0.5, 0.6) is 0 Å². The first kappa shape index (κ1) is 26.3. The molecule has 0 saturated carbocycles. The van der Waals surface area contributed by atoms with Crippen molar-refractivity contribution >= 4 is 39.4 Å². The Bertz CT molecular complexity index is 1250. The number of anilines is 1. The van der Waals surface area contributed by atoms with E-state index >= 15 is 0 Å². The number of Topliss-reactive ketones (excluding diaryl/α,β-unsaturated/α-hetero) is 1. The lowest BCUT2D eigenvalue weighted by molar-refractivity contribution is -0.140. The lowest BCUT2D eigenvalue weighted by Crippen LogP contribution is -2.30. The van der Waals surface area contributed by atoms with E-state index in [9.17, 15) is 22.8 Å². The molecule has 0 bridgehead atoms. The van der Waals surface area contributed by atoms with E-state index in [-0.39, 0.29) is 16.6 Å². The molecular weight excluding hydrogens is 468 g/mol. The average molecular weight is 499 g/mol. The summed E-state index contributed by atoms with van der Waals surface area (Å²) < 4.78 is 31.8. The molecule has 0 spiro atoms. The average Bonchev–Trinajstić information content (AvgIpc) is 3.26. The Balaban J connectivity index is 1.62. The second-order valence-corrected chi connectivity index (χ2v) is 10.1. The van der Waals surface area contributed by atoms with Crippen molar-refractivity contribution in [2.24, 2.45) is 0 Å². The van der Waals surface area contributed by atoms with Crippen molar-refractivity contribution in [2.75, 3.05) is 24.5 Å². The van der Waals surface area contributed by atoms with Gasteiger partial charge in [-0.25, -0.2) is 13.2 Å². The monoisotopic (exact) mass is 498 g/mol. The predicted molar refractivity (Wildman–Crippen MR) is 134 cm³/mol. The highest BCUT2D eigenvalue weighted by molar-refractivity contribution is 7.89. The zero-order valence-corrected chi connectivity index (χ0v) is 21.2. The third kappa shape index (κ3) is 5.86. The van der Waals surface area contributed by atoms with Crippen LogP contribution >= 0.6 is 0 Å². The van der Waals surface area contributed by atoms with E-state index in [1.807, 2.05) is 0 Å². The number of carbonyl (C=O) groups is 3. The fourth-order valence-corrected chi connectivity index (χ4v) is 5.47. The number of fused-ring (bicyclic) bond motifs is 1. The van der Waals surface area contributed by atoms with Crippen LogP contribution in [-0.4, -0.2) is 56.1 Å². The minimum Gasteiger partial charge on any atom is -0.451 e. The zero-order chi connectivity index (χ0) is 25.8. The zero-order valence-electron chi connectivity index (χ0n) is 20.4. The topological polar surface area (TPSA) is 101 Å². The summed E-state index contributed by atoms with van der Waals surface area (Å²) in [5, 5.41) is 0. The van der Waals surface area contributed by atoms with E-state index in [0.29, 0.717) is 37.2 Å². The van der Waals surface area contributed by atoms with E-state index < -0.39 is 22.1 Å². The molecule has 1 atom stereocenters. The summed E-state index contributed by atoms with van der Waals surface area (Å²) in [5.41, 5.74) is 2.75. The Morgan fingerprint density at radius 1 is 1.09 bits per heavy atom. The van der Waals surface area contributed by atoms with Crippen LogP contribution in [0.4, 0.5) is 5.69 Å². The molecule has 0 N–H and O–H groups in total. The molecule has 1 unspecified atom stereocenters. The summed E-state index contributed by atoms with van der Waals surface area (Å²) in [4.78, 5) is 38.6. The van der Waals surface area contributed by atoms with Crippen LogP contribution in [0.2, 0.25) is 0 Å². The Labute approximate surface area is 206 Å². The number of ether oxygens (including phenoxy) is 1. The third-order valence-electron chi connectivity index (χ3n) is 5.94. The molecule has 35 heavy (non-hydrogen) atoms. The summed E-state index contributed by atoms with van der Waals surface area (Å²) in [6, 6.07) is 11.3. The number of sulfonamides is 1. The Morgan fingerprint density at radius 3 is 2.34 bits per heavy atom. The van der Waals surface area contributed by atoms with Crippen molar-refractivity contribution in [1.82, 2.24) is 4.31 Å². The molecule has 8 nitrogen and oxygen atoms in total. The maximum absolute atomic E-state index is 12.8. The number of hydrogen-bond acceptors (Lipinski definition) is 6. The molecule has 3 rings (SSSR count). The molecule has 1 amide bonds. The van der Waals surface area contributed by atoms with Crippen molar-refractivity contribution in [3.8, 4) is 0 Å². The highest BCUT2D eigenvalue weighted by Gasteiger charge is 2.25. The molecule has 2 aromatic rings. The maximum Gasteiger partial charge on any atom is 0.331 e. The number of rotatable bonds is 9. The van der Waals surface area contributed by atoms with Gasteiger partial charge in [-0.1, -0.05) is 26.0 Å². The van der Waals surface area contributed by atoms with Gasteiger partial charge in [-0.2, -0.15) is 4.31 Å². The van der Waals surface area contributed by atoms with E-state index in [2.05, 4.69) is 0 Å². The van der Waals surface area contributed by atoms with Crippen LogP contribution in [0.1, 0.15) is 49.2 Å². The number of esters is 1. The standard InChI is InChI=1S/C26H30N2O6S/c1-5-27(6-2)35(32,33)23-11-7-20(8-12-23)9-14-25(30)34-18(3)26(31)22-10-13-24-21(17-22)15-16-28(24)19(4)29/h7-14,17-18H,5-6,15-16H2,1-4H3/b14-9+. The highest BCUT2D eigenvalue weighted by atomic mass is 32.2. The van der Waals surface area contributed by atoms with Crippen LogP contribution < -0.4 is 4.90 Å². The van der Waals surface area contributed by atoms with E-state index in [1.165, 1.54) is 42.4 Å². The summed E-state index contributed by atoms with van der Waals surface area (Å²) in [7, 11) is -3.55. The Hall–Kier alpha value is -3.30. The summed E-state index contributed by atoms with van der Waals surface area (Å²) in [5.74, 6) is -1.06. The molecular formula is C26H30N2O6S. The van der Waals surface area contributed by atoms with E-state index in [4.69, 9.17) is 4.74 Å². The lowest BCUT2D eigenvalue weighted by Gasteiger charge is -2.18. The highest BCUT2D eigenvalue weighted by Crippen LogP contribution is 2.29. The normalized spacial score (nSPS) is 14.3. The molecule has 0 aliphatic carbocycles. The second-order valence-electron chi connectivity index (χ2n) is 8.20. The summed E-state index contributed by atoms with van der Waals surface area (Å²) in [6.45, 7) is 7.92. The molecule has 1 aliphatic rings. The van der Waals surface area contributed by atoms with Gasteiger partial charge in [0.1, 0.15) is 0 Å². The molecule has 9 heteroatoms. The van der Waals surface area contributed by atoms with Gasteiger partial charge >= 0.3 is 5.97 Å². The smallest absolute Gasteiger partial charge is 0.331 e. The predicted octanol–water partition coefficient (Wildman–Crippen LogP) is 3.45. The fraction of sp³-hybridized carbons (Fsp3) is 0.346. The third-order valence-corrected chi connectivity index (χ3v) is 8.00. The Morgan fingerprint density at radius 2 is 1.74 bits per heavy atom. The largest absolute Gasteiger partial charge is 0.451 e. The van der Waals surface area contributed by atoms with Crippen LogP contribution in [0.15, 0.2) is 53.4 Å². The number of carbonyl (C=O) groups excluding carboxylic acids is 3. The van der Waals surface area contributed by atoms with E-state index in [1.54, 1.807) is 49.1 Å². The quantitative estimate of drug-likeness (QED) is 0.298. The molecule has 1 heterocycles. The van der Waals surface area contributed by atoms with Crippen molar-refractivity contribution in [3.05, 3.63) is 65.2 Å². The molecule has 0 aromatic heterocycles. The first-order valence-electron chi connectivity index (χ1n) is 11.5. The van der Waals surface area contributed by atoms with Crippen LogP contribution in [0, 0.1) is 0 Å². The Kier molecular flexibility index (Phi) is 8.24. The van der Waals surface area contributed by atoms with Crippen molar-refractivity contribution in [3.63, 3.8) is 0 Å². The van der Waals surface area contributed by atoms with Gasteiger partial charge in [0.05, 0.1) is 4.90 Å². The molecule has 0 fully saturated rings. The van der Waals surface area contributed by atoms with Gasteiger partial charge in [-0.15, -0.1) is 0 Å². The number of nitrogens with zero attached hydrogens (tertiary/aromatic N) is 2. The number of ketones is 1. The first-order chi connectivity index (χ1) is 16.6. The van der Waals surface area contributed by atoms with Gasteiger partial charge in [-0.05, 0) is 60.9 Å². The molecule has 2 aromatic carbocycles. The lowest BCUT2D eigenvalue weighted by atomic mass is 10.0. The minimum atomic E-state index is -3.55. The second kappa shape index (κ2) is 11.0. The van der Waals surface area contributed by atoms with Gasteiger partial charge in [0, 0.05) is 43.9 Å². The number of benzene rings is 2. The van der Waals surface area contributed by atoms with Crippen LogP contribution in [0.3, 0.4) is 0 Å². The first-order valence-corrected chi connectivity index (χ1v) is 13.0. The molecule has 0 saturated heterocycles. The van der Waals surface area contributed by atoms with Crippen LogP contribution in [0.25, 0.3) is 6.08 Å². The van der Waals surface area contributed by atoms with Gasteiger partial charge < -0.3 is 9.64 Å². The van der Waals surface area contributed by atoms with Gasteiger partial charge in [0.15, 0.2) is 6.10 Å². The van der Waals surface area contributed by atoms with Gasteiger partial charge in [0.2, 0.25) is 21.7 Å². The molecule has 1 aliphatic heterocycles. The fourth-order valence-electron chi connectivity index (χ4n) is 4.01. The van der Waals surface area contributed by atoms with E-state index in [0.717, 1.165) is 11.3 Å². The molecule has 0 radical (unpaired) electrons. The van der Waals surface area contributed by atoms with Gasteiger partial charge in [-0.3, -0.25) is 9.59 Å². The van der Waals surface area contributed by atoms with Crippen LogP contribution in [-0.2, 0) is 30.8 Å². The number of hydrogen-bond donors (Lipinski definition) is 0. The summed E-state index contributed by atoms with van der Waals surface area (Å²) in [6.07, 6.45) is 2.38. The van der Waals surface area contributed by atoms with Crippen molar-refractivity contribution in [2.45, 2.75) is 45.1 Å².